The molecule has 1 fully saturated rings. The summed E-state index contributed by atoms with van der Waals surface area (Å²) in [5, 5.41) is 14.3. The Hall–Kier alpha value is -3.85. The summed E-state index contributed by atoms with van der Waals surface area (Å²) in [6, 6.07) is 8.22. The van der Waals surface area contributed by atoms with Gasteiger partial charge in [0.05, 0.1) is 16.1 Å². The third-order valence-electron chi connectivity index (χ3n) is 5.75. The van der Waals surface area contributed by atoms with Gasteiger partial charge in [-0.2, -0.15) is 0 Å². The number of rotatable bonds is 6. The van der Waals surface area contributed by atoms with Crippen molar-refractivity contribution in [2.45, 2.75) is 13.5 Å². The largest absolute Gasteiger partial charge is 0.367 e. The Morgan fingerprint density at radius 3 is 2.55 bits per heavy atom. The minimum atomic E-state index is -0.543. The Balaban J connectivity index is 1.69. The molecule has 1 aliphatic heterocycles. The average molecular weight is 450 g/mol. The molecule has 3 aromatic rings. The van der Waals surface area contributed by atoms with Gasteiger partial charge in [0.15, 0.2) is 11.2 Å². The van der Waals surface area contributed by atoms with Gasteiger partial charge < -0.3 is 14.8 Å². The molecule has 1 N–H and O–H groups in total. The maximum Gasteiger partial charge on any atom is 0.269 e. The normalized spacial score (nSPS) is 14.2. The molecule has 0 bridgehead atoms. The van der Waals surface area contributed by atoms with Crippen molar-refractivity contribution in [3.8, 4) is 0 Å². The zero-order chi connectivity index (χ0) is 23.5. The van der Waals surface area contributed by atoms with Crippen LogP contribution in [0.25, 0.3) is 17.0 Å². The molecular formula is C24H23FN4O4. The fourth-order valence-electron chi connectivity index (χ4n) is 3.96. The number of aromatic nitrogens is 1. The summed E-state index contributed by atoms with van der Waals surface area (Å²) in [5.41, 5.74) is 1.15. The lowest BCUT2D eigenvalue weighted by molar-refractivity contribution is -0.384. The monoisotopic (exact) mass is 450 g/mol. The molecule has 0 unspecified atom stereocenters. The molecule has 0 aliphatic carbocycles. The average Bonchev–Trinajstić information content (AvgIpc) is 2.84. The smallest absolute Gasteiger partial charge is 0.269 e. The van der Waals surface area contributed by atoms with E-state index in [-0.39, 0.29) is 27.6 Å². The summed E-state index contributed by atoms with van der Waals surface area (Å²) in [7, 11) is 0. The van der Waals surface area contributed by atoms with Gasteiger partial charge in [-0.1, -0.05) is 0 Å². The van der Waals surface area contributed by atoms with E-state index in [1.54, 1.807) is 12.3 Å². The van der Waals surface area contributed by atoms with Crippen LogP contribution in [0.3, 0.4) is 0 Å². The van der Waals surface area contributed by atoms with E-state index in [1.807, 2.05) is 16.4 Å². The lowest BCUT2D eigenvalue weighted by Crippen LogP contribution is -2.43. The van der Waals surface area contributed by atoms with Crippen LogP contribution < -0.4 is 15.6 Å². The van der Waals surface area contributed by atoms with Crippen molar-refractivity contribution in [1.82, 2.24) is 9.88 Å². The first kappa shape index (κ1) is 22.3. The summed E-state index contributed by atoms with van der Waals surface area (Å²) < 4.78 is 16.8. The van der Waals surface area contributed by atoms with Gasteiger partial charge in [-0.15, -0.1) is 0 Å². The number of fused-ring (bicyclic) bond motifs is 1. The predicted octanol–water partition coefficient (Wildman–Crippen LogP) is 3.37. The summed E-state index contributed by atoms with van der Waals surface area (Å²) in [4.78, 5) is 37.7. The Kier molecular flexibility index (Phi) is 6.32. The SMILES string of the molecule is CCn1cc(/C=C/C(=O)c2ccc([N+](=O)[O-])cc2)c(=O)c2cc(F)c(N3CCNCC3)cc21. The van der Waals surface area contributed by atoms with E-state index in [1.165, 1.54) is 42.5 Å². The van der Waals surface area contributed by atoms with Crippen molar-refractivity contribution in [1.29, 1.82) is 0 Å². The number of hydrogen-bond donors (Lipinski definition) is 1. The fourth-order valence-corrected chi connectivity index (χ4v) is 3.96. The maximum atomic E-state index is 14.9. The molecule has 9 heteroatoms. The van der Waals surface area contributed by atoms with Crippen LogP contribution in [-0.4, -0.2) is 41.5 Å². The van der Waals surface area contributed by atoms with Crippen molar-refractivity contribution >= 4 is 34.1 Å². The minimum absolute atomic E-state index is 0.113. The van der Waals surface area contributed by atoms with Crippen LogP contribution in [0.1, 0.15) is 22.8 Å². The van der Waals surface area contributed by atoms with Crippen LogP contribution >= 0.6 is 0 Å². The number of nitro groups is 1. The molecule has 0 saturated carbocycles. The van der Waals surface area contributed by atoms with Gasteiger partial charge in [0.2, 0.25) is 0 Å². The van der Waals surface area contributed by atoms with Gasteiger partial charge in [0, 0.05) is 67.6 Å². The van der Waals surface area contributed by atoms with Crippen molar-refractivity contribution in [3.63, 3.8) is 0 Å². The van der Waals surface area contributed by atoms with E-state index in [2.05, 4.69) is 5.32 Å². The van der Waals surface area contributed by atoms with Crippen LogP contribution in [0.15, 0.2) is 53.5 Å². The number of aryl methyl sites for hydroxylation is 1. The molecule has 1 saturated heterocycles. The standard InChI is InChI=1S/C24H23FN4O4/c1-2-27-15-17(5-8-23(30)16-3-6-18(7-4-16)29(32)33)24(31)19-13-20(25)22(14-21(19)27)28-11-9-26-10-12-28/h3-8,13-15,26H,2,9-12H2,1H3/b8-5+. The second kappa shape index (κ2) is 9.33. The highest BCUT2D eigenvalue weighted by Crippen LogP contribution is 2.26. The van der Waals surface area contributed by atoms with Crippen LogP contribution in [0.2, 0.25) is 0 Å². The molecule has 2 aromatic carbocycles. The number of allylic oxidation sites excluding steroid dienone is 1. The number of halogens is 1. The summed E-state index contributed by atoms with van der Waals surface area (Å²) in [6.45, 7) is 5.39. The van der Waals surface area contributed by atoms with Crippen LogP contribution in [0, 0.1) is 15.9 Å². The molecule has 0 spiro atoms. The van der Waals surface area contributed by atoms with Gasteiger partial charge in [-0.3, -0.25) is 19.7 Å². The molecular weight excluding hydrogens is 427 g/mol. The Bertz CT molecular complexity index is 1310. The Labute approximate surface area is 189 Å². The summed E-state index contributed by atoms with van der Waals surface area (Å²) in [6.07, 6.45) is 4.30. The lowest BCUT2D eigenvalue weighted by atomic mass is 10.1. The molecule has 2 heterocycles. The molecule has 4 rings (SSSR count). The summed E-state index contributed by atoms with van der Waals surface area (Å²) in [5.74, 6) is -0.847. The number of non-ortho nitro benzene ring substituents is 1. The van der Waals surface area contributed by atoms with Crippen molar-refractivity contribution in [2.24, 2.45) is 0 Å². The number of nitrogens with zero attached hydrogens (tertiary/aromatic N) is 3. The molecule has 170 valence electrons. The summed E-state index contributed by atoms with van der Waals surface area (Å²) >= 11 is 0. The first-order valence-corrected chi connectivity index (χ1v) is 10.7. The number of nitro benzene ring substituents is 1. The van der Waals surface area contributed by atoms with E-state index in [0.717, 1.165) is 13.1 Å². The number of carbonyl (C=O) groups is 1. The van der Waals surface area contributed by atoms with Gasteiger partial charge in [-0.25, -0.2) is 4.39 Å². The number of benzene rings is 2. The van der Waals surface area contributed by atoms with Crippen molar-refractivity contribution < 1.29 is 14.1 Å². The van der Waals surface area contributed by atoms with Gasteiger partial charge in [-0.05, 0) is 43.3 Å². The second-order valence-electron chi connectivity index (χ2n) is 7.76. The topological polar surface area (TPSA) is 97.5 Å². The van der Waals surface area contributed by atoms with E-state index >= 15 is 0 Å². The highest BCUT2D eigenvalue weighted by molar-refractivity contribution is 6.07. The van der Waals surface area contributed by atoms with Gasteiger partial charge in [0.25, 0.3) is 5.69 Å². The van der Waals surface area contributed by atoms with Crippen molar-refractivity contribution in [3.05, 3.63) is 86.0 Å². The third kappa shape index (κ3) is 4.54. The number of ketones is 1. The van der Waals surface area contributed by atoms with E-state index < -0.39 is 16.5 Å². The fraction of sp³-hybridized carbons (Fsp3) is 0.250. The molecule has 8 nitrogen and oxygen atoms in total. The van der Waals surface area contributed by atoms with Crippen LogP contribution in [-0.2, 0) is 6.54 Å². The third-order valence-corrected chi connectivity index (χ3v) is 5.75. The molecule has 0 radical (unpaired) electrons. The van der Waals surface area contributed by atoms with Gasteiger partial charge >= 0.3 is 0 Å². The first-order chi connectivity index (χ1) is 15.9. The number of piperazine rings is 1. The quantitative estimate of drug-likeness (QED) is 0.268. The number of nitrogens with one attached hydrogen (secondary N) is 1. The maximum absolute atomic E-state index is 14.9. The second-order valence-corrected chi connectivity index (χ2v) is 7.76. The first-order valence-electron chi connectivity index (χ1n) is 10.7. The van der Waals surface area contributed by atoms with Crippen LogP contribution in [0.4, 0.5) is 15.8 Å². The zero-order valence-electron chi connectivity index (χ0n) is 18.1. The highest BCUT2D eigenvalue weighted by atomic mass is 19.1. The minimum Gasteiger partial charge on any atom is -0.367 e. The highest BCUT2D eigenvalue weighted by Gasteiger charge is 2.18. The molecule has 0 amide bonds. The Morgan fingerprint density at radius 2 is 1.91 bits per heavy atom. The van der Waals surface area contributed by atoms with Crippen LogP contribution in [0.5, 0.6) is 0 Å². The molecule has 0 atom stereocenters. The molecule has 33 heavy (non-hydrogen) atoms. The Morgan fingerprint density at radius 1 is 1.21 bits per heavy atom. The van der Waals surface area contributed by atoms with E-state index in [9.17, 15) is 24.1 Å². The lowest BCUT2D eigenvalue weighted by Gasteiger charge is -2.30. The number of hydrogen-bond acceptors (Lipinski definition) is 6. The van der Waals surface area contributed by atoms with E-state index in [0.29, 0.717) is 30.8 Å². The predicted molar refractivity (Wildman–Crippen MR) is 125 cm³/mol. The molecule has 1 aliphatic rings. The number of anilines is 1. The molecule has 1 aromatic heterocycles. The van der Waals surface area contributed by atoms with Gasteiger partial charge in [0.1, 0.15) is 5.82 Å². The number of pyridine rings is 1. The van der Waals surface area contributed by atoms with Crippen molar-refractivity contribution in [2.75, 3.05) is 31.1 Å². The van der Waals surface area contributed by atoms with E-state index in [4.69, 9.17) is 0 Å². The number of carbonyl (C=O) groups excluding carboxylic acids is 1. The zero-order valence-corrected chi connectivity index (χ0v) is 18.1.